The van der Waals surface area contributed by atoms with Crippen LogP contribution in [-0.2, 0) is 4.79 Å². The predicted octanol–water partition coefficient (Wildman–Crippen LogP) is 0.593. The van der Waals surface area contributed by atoms with E-state index in [2.05, 4.69) is 10.3 Å². The number of anilines is 1. The number of nitrogens with one attached hydrogen (secondary N) is 1. The minimum atomic E-state index is -0.439. The van der Waals surface area contributed by atoms with Crippen LogP contribution in [0.25, 0.3) is 5.52 Å². The van der Waals surface area contributed by atoms with Crippen molar-refractivity contribution in [2.45, 2.75) is 6.42 Å². The van der Waals surface area contributed by atoms with E-state index in [0.29, 0.717) is 29.7 Å². The van der Waals surface area contributed by atoms with Gasteiger partial charge in [0.1, 0.15) is 12.0 Å². The molecule has 1 aliphatic rings. The van der Waals surface area contributed by atoms with Gasteiger partial charge in [0.05, 0.1) is 11.2 Å². The van der Waals surface area contributed by atoms with Gasteiger partial charge in [0.25, 0.3) is 0 Å². The molecule has 0 atom stereocenters. The fraction of sp³-hybridized carbons (Fsp3) is 0.167. The van der Waals surface area contributed by atoms with Gasteiger partial charge in [-0.15, -0.1) is 0 Å². The zero-order valence-electron chi connectivity index (χ0n) is 9.87. The predicted molar refractivity (Wildman–Crippen MR) is 66.1 cm³/mol. The highest BCUT2D eigenvalue weighted by molar-refractivity contribution is 6.05. The monoisotopic (exact) mass is 258 g/mol. The molecule has 0 unspecified atom stereocenters. The number of hydrogen-bond acceptors (Lipinski definition) is 4. The molecule has 3 heterocycles. The van der Waals surface area contributed by atoms with Crippen LogP contribution in [0.2, 0.25) is 0 Å². The van der Waals surface area contributed by atoms with Crippen LogP contribution >= 0.6 is 0 Å². The third-order valence-electron chi connectivity index (χ3n) is 3.02. The van der Waals surface area contributed by atoms with Crippen LogP contribution in [0.5, 0.6) is 0 Å². The molecule has 0 bridgehead atoms. The molecular weight excluding hydrogens is 248 g/mol. The first-order valence-corrected chi connectivity index (χ1v) is 5.72. The molecule has 0 aliphatic carbocycles. The molecule has 19 heavy (non-hydrogen) atoms. The van der Waals surface area contributed by atoms with Gasteiger partial charge >= 0.3 is 6.03 Å². The number of carbonyl (C=O) groups excluding carboxylic acids is 3. The van der Waals surface area contributed by atoms with E-state index in [0.717, 1.165) is 0 Å². The highest BCUT2D eigenvalue weighted by Gasteiger charge is 2.24. The topological polar surface area (TPSA) is 83.8 Å². The van der Waals surface area contributed by atoms with Crippen LogP contribution in [0.15, 0.2) is 24.7 Å². The molecule has 2 aromatic rings. The van der Waals surface area contributed by atoms with E-state index in [1.165, 1.54) is 11.2 Å². The van der Waals surface area contributed by atoms with Crippen molar-refractivity contribution in [1.29, 1.82) is 0 Å². The van der Waals surface area contributed by atoms with Crippen molar-refractivity contribution < 1.29 is 14.4 Å². The number of urea groups is 1. The lowest BCUT2D eigenvalue weighted by molar-refractivity contribution is -0.120. The number of carbonyl (C=O) groups is 3. The van der Waals surface area contributed by atoms with Crippen LogP contribution in [0, 0.1) is 0 Å². The number of aromatic nitrogens is 2. The number of hydrogen-bond donors (Lipinski definition) is 1. The van der Waals surface area contributed by atoms with Gasteiger partial charge in [-0.3, -0.25) is 19.8 Å². The Kier molecular flexibility index (Phi) is 2.52. The quantitative estimate of drug-likeness (QED) is 0.799. The zero-order chi connectivity index (χ0) is 13.4. The molecule has 0 aromatic carbocycles. The number of imidazole rings is 1. The maximum Gasteiger partial charge on any atom is 0.328 e. The molecular formula is C12H10N4O3. The summed E-state index contributed by atoms with van der Waals surface area (Å²) in [4.78, 5) is 39.0. The second kappa shape index (κ2) is 4.20. The Hall–Kier alpha value is -2.70. The molecule has 7 heteroatoms. The Bertz CT molecular complexity index is 691. The second-order valence-corrected chi connectivity index (χ2v) is 4.18. The highest BCUT2D eigenvalue weighted by atomic mass is 16.2. The molecule has 1 N–H and O–H groups in total. The van der Waals surface area contributed by atoms with Crippen molar-refractivity contribution >= 4 is 29.4 Å². The number of imide groups is 1. The van der Waals surface area contributed by atoms with E-state index in [1.54, 1.807) is 22.7 Å². The number of aldehydes is 1. The molecule has 1 aliphatic heterocycles. The Morgan fingerprint density at radius 2 is 2.16 bits per heavy atom. The normalized spacial score (nSPS) is 15.7. The van der Waals surface area contributed by atoms with Crippen LogP contribution in [0.3, 0.4) is 0 Å². The highest BCUT2D eigenvalue weighted by Crippen LogP contribution is 2.19. The Morgan fingerprint density at radius 3 is 2.89 bits per heavy atom. The molecule has 96 valence electrons. The number of nitrogens with zero attached hydrogens (tertiary/aromatic N) is 3. The first kappa shape index (κ1) is 11.4. The summed E-state index contributed by atoms with van der Waals surface area (Å²) in [6, 6.07) is 3.00. The molecule has 0 spiro atoms. The van der Waals surface area contributed by atoms with Gasteiger partial charge in [0.2, 0.25) is 5.91 Å². The van der Waals surface area contributed by atoms with Gasteiger partial charge in [0, 0.05) is 19.2 Å². The van der Waals surface area contributed by atoms with Gasteiger partial charge in [0.15, 0.2) is 6.29 Å². The van der Waals surface area contributed by atoms with Gasteiger partial charge < -0.3 is 4.40 Å². The second-order valence-electron chi connectivity index (χ2n) is 4.18. The standard InChI is InChI=1S/C12H10N4O3/c17-6-9-10-2-1-8(5-15(10)7-13-9)16-4-3-11(18)14-12(16)19/h1-2,5-7H,3-4H2,(H,14,18,19). The van der Waals surface area contributed by atoms with Crippen molar-refractivity contribution in [2.75, 3.05) is 11.4 Å². The maximum atomic E-state index is 11.7. The molecule has 1 saturated heterocycles. The molecule has 3 rings (SSSR count). The zero-order valence-corrected chi connectivity index (χ0v) is 9.87. The number of rotatable bonds is 2. The molecule has 0 saturated carbocycles. The lowest BCUT2D eigenvalue weighted by atomic mass is 10.2. The number of amides is 3. The average molecular weight is 258 g/mol. The van der Waals surface area contributed by atoms with Gasteiger partial charge in [-0.25, -0.2) is 9.78 Å². The van der Waals surface area contributed by atoms with Gasteiger partial charge in [-0.2, -0.15) is 0 Å². The maximum absolute atomic E-state index is 11.7. The number of pyridine rings is 1. The fourth-order valence-corrected chi connectivity index (χ4v) is 2.07. The van der Waals surface area contributed by atoms with Crippen LogP contribution in [-0.4, -0.2) is 34.2 Å². The summed E-state index contributed by atoms with van der Waals surface area (Å²) in [6.45, 7) is 0.339. The van der Waals surface area contributed by atoms with Crippen LogP contribution in [0.4, 0.5) is 10.5 Å². The Balaban J connectivity index is 1.99. The van der Waals surface area contributed by atoms with Crippen molar-refractivity contribution in [3.8, 4) is 0 Å². The SMILES string of the molecule is O=Cc1ncn2cc(N3CCC(=O)NC3=O)ccc12. The Labute approximate surface area is 107 Å². The van der Waals surface area contributed by atoms with Gasteiger partial charge in [-0.05, 0) is 12.1 Å². The molecule has 0 radical (unpaired) electrons. The van der Waals surface area contributed by atoms with Crippen LogP contribution in [0.1, 0.15) is 16.9 Å². The summed E-state index contributed by atoms with van der Waals surface area (Å²) in [5.41, 5.74) is 1.67. The third-order valence-corrected chi connectivity index (χ3v) is 3.02. The molecule has 2 aromatic heterocycles. The summed E-state index contributed by atoms with van der Waals surface area (Å²) in [5, 5.41) is 2.26. The largest absolute Gasteiger partial charge is 0.328 e. The Morgan fingerprint density at radius 1 is 1.32 bits per heavy atom. The van der Waals surface area contributed by atoms with E-state index in [-0.39, 0.29) is 12.3 Å². The van der Waals surface area contributed by atoms with E-state index in [1.807, 2.05) is 0 Å². The van der Waals surface area contributed by atoms with Gasteiger partial charge in [-0.1, -0.05) is 0 Å². The summed E-state index contributed by atoms with van der Waals surface area (Å²) >= 11 is 0. The van der Waals surface area contributed by atoms with Crippen molar-refractivity contribution in [2.24, 2.45) is 0 Å². The number of fused-ring (bicyclic) bond motifs is 1. The summed E-state index contributed by atoms with van der Waals surface area (Å²) in [7, 11) is 0. The molecule has 1 fully saturated rings. The summed E-state index contributed by atoms with van der Waals surface area (Å²) in [5.74, 6) is -0.270. The van der Waals surface area contributed by atoms with Crippen molar-refractivity contribution in [3.63, 3.8) is 0 Å². The smallest absolute Gasteiger partial charge is 0.303 e. The van der Waals surface area contributed by atoms with E-state index >= 15 is 0 Å². The minimum Gasteiger partial charge on any atom is -0.303 e. The minimum absolute atomic E-state index is 0.270. The first-order valence-electron chi connectivity index (χ1n) is 5.72. The third kappa shape index (κ3) is 1.85. The van der Waals surface area contributed by atoms with E-state index in [9.17, 15) is 14.4 Å². The lowest BCUT2D eigenvalue weighted by Crippen LogP contribution is -2.49. The van der Waals surface area contributed by atoms with E-state index < -0.39 is 6.03 Å². The fourth-order valence-electron chi connectivity index (χ4n) is 2.07. The van der Waals surface area contributed by atoms with E-state index in [4.69, 9.17) is 0 Å². The average Bonchev–Trinajstić information content (AvgIpc) is 2.80. The van der Waals surface area contributed by atoms with Crippen molar-refractivity contribution in [1.82, 2.24) is 14.7 Å². The first-order chi connectivity index (χ1) is 9.19. The van der Waals surface area contributed by atoms with Crippen LogP contribution < -0.4 is 10.2 Å². The summed E-state index contributed by atoms with van der Waals surface area (Å²) < 4.78 is 1.67. The molecule has 7 nitrogen and oxygen atoms in total. The van der Waals surface area contributed by atoms with Crippen molar-refractivity contribution in [3.05, 3.63) is 30.4 Å². The molecule has 3 amide bonds. The lowest BCUT2D eigenvalue weighted by Gasteiger charge is -2.26. The summed E-state index contributed by atoms with van der Waals surface area (Å²) in [6.07, 6.45) is 4.16.